The Balaban J connectivity index is 1.32. The Hall–Kier alpha value is -3.38. The highest BCUT2D eigenvalue weighted by molar-refractivity contribution is 5.94. The lowest BCUT2D eigenvalue weighted by atomic mass is 10.0. The van der Waals surface area contributed by atoms with Crippen LogP contribution in [0.4, 0.5) is 0 Å². The zero-order valence-corrected chi connectivity index (χ0v) is 15.4. The molecule has 2 aliphatic heterocycles. The summed E-state index contributed by atoms with van der Waals surface area (Å²) in [5.74, 6) is -0.0457. The van der Waals surface area contributed by atoms with Crippen LogP contribution in [0.1, 0.15) is 12.0 Å². The molecule has 28 heavy (non-hydrogen) atoms. The molecular formula is C22H22N4O2. The molecule has 0 spiro atoms. The maximum atomic E-state index is 12.5. The van der Waals surface area contributed by atoms with Crippen molar-refractivity contribution >= 4 is 11.7 Å². The van der Waals surface area contributed by atoms with Gasteiger partial charge in [0, 0.05) is 31.1 Å². The third-order valence-electron chi connectivity index (χ3n) is 4.84. The highest BCUT2D eigenvalue weighted by atomic mass is 16.2. The van der Waals surface area contributed by atoms with Crippen molar-refractivity contribution < 1.29 is 9.59 Å². The molecule has 1 amide bonds. The van der Waals surface area contributed by atoms with E-state index in [9.17, 15) is 9.59 Å². The molecule has 0 aliphatic carbocycles. The SMILES string of the molecule is O=C1C=CNC(N2C=C(C(=O)NCc3ccc(-c4ccccc4)cc3)CN2)C1. The maximum absolute atomic E-state index is 12.5. The number of amides is 1. The van der Waals surface area contributed by atoms with Gasteiger partial charge in [-0.25, -0.2) is 5.43 Å². The minimum absolute atomic E-state index is 0.0656. The van der Waals surface area contributed by atoms with E-state index in [1.54, 1.807) is 17.4 Å². The van der Waals surface area contributed by atoms with Gasteiger partial charge < -0.3 is 10.6 Å². The summed E-state index contributed by atoms with van der Waals surface area (Å²) in [6.07, 6.45) is 5.12. The molecule has 6 heteroatoms. The Bertz CT molecular complexity index is 919. The van der Waals surface area contributed by atoms with Crippen LogP contribution in [0.15, 0.2) is 78.6 Å². The number of carbonyl (C=O) groups excluding carboxylic acids is 2. The molecule has 142 valence electrons. The van der Waals surface area contributed by atoms with E-state index in [1.165, 1.54) is 11.6 Å². The first-order valence-corrected chi connectivity index (χ1v) is 9.29. The molecule has 2 heterocycles. The second-order valence-electron chi connectivity index (χ2n) is 6.83. The number of hydrogen-bond acceptors (Lipinski definition) is 5. The first-order chi connectivity index (χ1) is 13.7. The Kier molecular flexibility index (Phi) is 5.21. The van der Waals surface area contributed by atoms with Gasteiger partial charge in [-0.2, -0.15) is 0 Å². The number of hydrogen-bond donors (Lipinski definition) is 3. The van der Waals surface area contributed by atoms with E-state index in [0.29, 0.717) is 25.1 Å². The lowest BCUT2D eigenvalue weighted by molar-refractivity contribution is -0.118. The van der Waals surface area contributed by atoms with Crippen molar-refractivity contribution in [1.82, 2.24) is 21.1 Å². The molecule has 0 bridgehead atoms. The second kappa shape index (κ2) is 8.10. The fraction of sp³-hybridized carbons (Fsp3) is 0.182. The van der Waals surface area contributed by atoms with Crippen LogP contribution in [0.3, 0.4) is 0 Å². The van der Waals surface area contributed by atoms with Gasteiger partial charge >= 0.3 is 0 Å². The largest absolute Gasteiger partial charge is 0.370 e. The quantitative estimate of drug-likeness (QED) is 0.747. The fourth-order valence-corrected chi connectivity index (χ4v) is 3.26. The van der Waals surface area contributed by atoms with Gasteiger partial charge in [0.1, 0.15) is 6.17 Å². The van der Waals surface area contributed by atoms with Crippen LogP contribution in [0.25, 0.3) is 11.1 Å². The number of carbonyl (C=O) groups is 2. The molecule has 0 saturated heterocycles. The first kappa shape index (κ1) is 18.0. The van der Waals surface area contributed by atoms with Crippen molar-refractivity contribution in [3.8, 4) is 11.1 Å². The fourth-order valence-electron chi connectivity index (χ4n) is 3.26. The lowest BCUT2D eigenvalue weighted by Crippen LogP contribution is -2.48. The Morgan fingerprint density at radius 3 is 2.57 bits per heavy atom. The van der Waals surface area contributed by atoms with Crippen molar-refractivity contribution in [3.63, 3.8) is 0 Å². The lowest BCUT2D eigenvalue weighted by Gasteiger charge is -2.28. The Morgan fingerprint density at radius 2 is 1.82 bits per heavy atom. The van der Waals surface area contributed by atoms with Gasteiger partial charge in [0.25, 0.3) is 0 Å². The van der Waals surface area contributed by atoms with Crippen molar-refractivity contribution in [3.05, 3.63) is 84.2 Å². The molecule has 0 radical (unpaired) electrons. The average Bonchev–Trinajstić information content (AvgIpc) is 3.24. The standard InChI is InChI=1S/C22H22N4O2/c27-20-10-11-23-21(12-20)26-15-19(14-25-26)22(28)24-13-16-6-8-18(9-7-16)17-4-2-1-3-5-17/h1-11,15,21,23,25H,12-14H2,(H,24,28). The van der Waals surface area contributed by atoms with E-state index in [-0.39, 0.29) is 17.9 Å². The van der Waals surface area contributed by atoms with Crippen LogP contribution in [-0.4, -0.2) is 29.4 Å². The number of ketones is 1. The van der Waals surface area contributed by atoms with Gasteiger partial charge in [0.2, 0.25) is 5.91 Å². The highest BCUT2D eigenvalue weighted by Gasteiger charge is 2.26. The third-order valence-corrected chi connectivity index (χ3v) is 4.84. The topological polar surface area (TPSA) is 73.5 Å². The van der Waals surface area contributed by atoms with E-state index in [0.717, 1.165) is 11.1 Å². The molecule has 3 N–H and O–H groups in total. The van der Waals surface area contributed by atoms with Crippen molar-refractivity contribution in [2.24, 2.45) is 0 Å². The highest BCUT2D eigenvalue weighted by Crippen LogP contribution is 2.19. The molecule has 0 saturated carbocycles. The van der Waals surface area contributed by atoms with E-state index in [4.69, 9.17) is 0 Å². The molecule has 1 atom stereocenters. The number of rotatable bonds is 5. The van der Waals surface area contributed by atoms with Crippen molar-refractivity contribution in [2.45, 2.75) is 19.1 Å². The van der Waals surface area contributed by atoms with Gasteiger partial charge in [-0.3, -0.25) is 14.6 Å². The summed E-state index contributed by atoms with van der Waals surface area (Å²) in [5, 5.41) is 7.85. The van der Waals surface area contributed by atoms with E-state index >= 15 is 0 Å². The number of allylic oxidation sites excluding steroid dienone is 1. The molecule has 1 unspecified atom stereocenters. The zero-order chi connectivity index (χ0) is 19.3. The molecule has 2 aliphatic rings. The van der Waals surface area contributed by atoms with Gasteiger partial charge in [-0.1, -0.05) is 54.6 Å². The Morgan fingerprint density at radius 1 is 1.07 bits per heavy atom. The summed E-state index contributed by atoms with van der Waals surface area (Å²) in [6.45, 7) is 0.906. The molecule has 0 fully saturated rings. The summed E-state index contributed by atoms with van der Waals surface area (Å²) < 4.78 is 0. The zero-order valence-electron chi connectivity index (χ0n) is 15.4. The summed E-state index contributed by atoms with van der Waals surface area (Å²) >= 11 is 0. The van der Waals surface area contributed by atoms with Crippen LogP contribution >= 0.6 is 0 Å². The van der Waals surface area contributed by atoms with Gasteiger partial charge in [-0.15, -0.1) is 0 Å². The van der Waals surface area contributed by atoms with E-state index in [2.05, 4.69) is 40.3 Å². The Labute approximate surface area is 163 Å². The monoisotopic (exact) mass is 374 g/mol. The molecule has 2 aromatic carbocycles. The predicted molar refractivity (Wildman–Crippen MR) is 107 cm³/mol. The molecule has 2 aromatic rings. The molecular weight excluding hydrogens is 352 g/mol. The first-order valence-electron chi connectivity index (χ1n) is 9.29. The van der Waals surface area contributed by atoms with Crippen molar-refractivity contribution in [1.29, 1.82) is 0 Å². The second-order valence-corrected chi connectivity index (χ2v) is 6.83. The summed E-state index contributed by atoms with van der Waals surface area (Å²) in [5.41, 5.74) is 7.14. The number of nitrogens with one attached hydrogen (secondary N) is 3. The normalized spacial score (nSPS) is 18.6. The van der Waals surface area contributed by atoms with Crippen LogP contribution in [0.5, 0.6) is 0 Å². The molecule has 6 nitrogen and oxygen atoms in total. The predicted octanol–water partition coefficient (Wildman–Crippen LogP) is 2.08. The minimum Gasteiger partial charge on any atom is -0.370 e. The van der Waals surface area contributed by atoms with E-state index in [1.807, 2.05) is 30.3 Å². The number of hydrazine groups is 1. The van der Waals surface area contributed by atoms with Crippen LogP contribution < -0.4 is 16.1 Å². The summed E-state index contributed by atoms with van der Waals surface area (Å²) in [4.78, 5) is 24.0. The van der Waals surface area contributed by atoms with E-state index < -0.39 is 0 Å². The third kappa shape index (κ3) is 4.13. The molecule has 4 rings (SSSR count). The summed E-state index contributed by atoms with van der Waals surface area (Å²) in [7, 11) is 0. The minimum atomic E-state index is -0.173. The van der Waals surface area contributed by atoms with Gasteiger partial charge in [0.15, 0.2) is 5.78 Å². The smallest absolute Gasteiger partial charge is 0.250 e. The van der Waals surface area contributed by atoms with Crippen LogP contribution in [0, 0.1) is 0 Å². The van der Waals surface area contributed by atoms with Crippen LogP contribution in [-0.2, 0) is 16.1 Å². The maximum Gasteiger partial charge on any atom is 0.250 e. The molecule has 0 aromatic heterocycles. The number of nitrogens with zero attached hydrogens (tertiary/aromatic N) is 1. The van der Waals surface area contributed by atoms with Crippen molar-refractivity contribution in [2.75, 3.05) is 6.54 Å². The van der Waals surface area contributed by atoms with Gasteiger partial charge in [0.05, 0.1) is 6.42 Å². The van der Waals surface area contributed by atoms with Crippen LogP contribution in [0.2, 0.25) is 0 Å². The summed E-state index contributed by atoms with van der Waals surface area (Å²) in [6, 6.07) is 18.4. The number of benzene rings is 2. The van der Waals surface area contributed by atoms with Gasteiger partial charge in [-0.05, 0) is 22.8 Å². The average molecular weight is 374 g/mol.